The molecule has 3 nitrogen and oxygen atoms in total. The summed E-state index contributed by atoms with van der Waals surface area (Å²) in [4.78, 5) is 12.6. The predicted octanol–water partition coefficient (Wildman–Crippen LogP) is 4.07. The van der Waals surface area contributed by atoms with E-state index in [2.05, 4.69) is 5.32 Å². The van der Waals surface area contributed by atoms with E-state index in [1.54, 1.807) is 30.3 Å². The van der Waals surface area contributed by atoms with Crippen LogP contribution < -0.4 is 11.1 Å². The molecule has 0 radical (unpaired) electrons. The van der Waals surface area contributed by atoms with Crippen LogP contribution in [-0.2, 0) is 0 Å². The molecular weight excluding hydrogens is 291 g/mol. The van der Waals surface area contributed by atoms with E-state index in [1.165, 1.54) is 12.1 Å². The second-order valence-corrected chi connectivity index (χ2v) is 6.18. The lowest BCUT2D eigenvalue weighted by Gasteiger charge is -2.25. The highest BCUT2D eigenvalue weighted by Crippen LogP contribution is 2.36. The summed E-state index contributed by atoms with van der Waals surface area (Å²) in [5.41, 5.74) is 7.67. The topological polar surface area (TPSA) is 55.1 Å². The molecule has 4 heteroatoms. The van der Waals surface area contributed by atoms with Gasteiger partial charge in [0.25, 0.3) is 5.91 Å². The minimum absolute atomic E-state index is 0.165. The molecule has 120 valence electrons. The van der Waals surface area contributed by atoms with Gasteiger partial charge in [0.1, 0.15) is 5.82 Å². The molecule has 23 heavy (non-hydrogen) atoms. The van der Waals surface area contributed by atoms with Gasteiger partial charge in [-0.3, -0.25) is 4.79 Å². The van der Waals surface area contributed by atoms with E-state index in [0.29, 0.717) is 17.2 Å². The van der Waals surface area contributed by atoms with Crippen molar-refractivity contribution in [3.63, 3.8) is 0 Å². The van der Waals surface area contributed by atoms with Crippen LogP contribution in [0.5, 0.6) is 0 Å². The smallest absolute Gasteiger partial charge is 0.251 e. The number of anilines is 1. The monoisotopic (exact) mass is 312 g/mol. The van der Waals surface area contributed by atoms with Crippen molar-refractivity contribution in [3.05, 3.63) is 65.5 Å². The Balaban J connectivity index is 1.85. The van der Waals surface area contributed by atoms with E-state index in [0.717, 1.165) is 31.2 Å². The normalized spacial score (nSPS) is 16.2. The predicted molar refractivity (Wildman–Crippen MR) is 89.4 cm³/mol. The summed E-state index contributed by atoms with van der Waals surface area (Å²) < 4.78 is 13.6. The van der Waals surface area contributed by atoms with E-state index in [-0.39, 0.29) is 17.8 Å². The Labute approximate surface area is 135 Å². The Morgan fingerprint density at radius 2 is 1.87 bits per heavy atom. The number of halogens is 1. The lowest BCUT2D eigenvalue weighted by molar-refractivity contribution is 0.0921. The van der Waals surface area contributed by atoms with Gasteiger partial charge in [0, 0.05) is 11.3 Å². The summed E-state index contributed by atoms with van der Waals surface area (Å²) in [6, 6.07) is 13.3. The molecule has 0 bridgehead atoms. The average molecular weight is 312 g/mol. The first kappa shape index (κ1) is 15.5. The summed E-state index contributed by atoms with van der Waals surface area (Å²) in [6.45, 7) is 0. The maximum atomic E-state index is 13.6. The van der Waals surface area contributed by atoms with Crippen LogP contribution in [-0.4, -0.2) is 5.91 Å². The van der Waals surface area contributed by atoms with E-state index in [1.807, 2.05) is 6.07 Å². The lowest BCUT2D eigenvalue weighted by Crippen LogP contribution is -2.32. The van der Waals surface area contributed by atoms with Crippen molar-refractivity contribution < 1.29 is 9.18 Å². The molecule has 1 atom stereocenters. The molecule has 2 aromatic rings. The third-order valence-electron chi connectivity index (χ3n) is 4.51. The Morgan fingerprint density at radius 1 is 1.13 bits per heavy atom. The van der Waals surface area contributed by atoms with Gasteiger partial charge in [0.15, 0.2) is 0 Å². The highest BCUT2D eigenvalue weighted by molar-refractivity contribution is 5.95. The van der Waals surface area contributed by atoms with Crippen LogP contribution >= 0.6 is 0 Å². The van der Waals surface area contributed by atoms with Crippen LogP contribution in [0.2, 0.25) is 0 Å². The first-order chi connectivity index (χ1) is 11.1. The Morgan fingerprint density at radius 3 is 2.57 bits per heavy atom. The van der Waals surface area contributed by atoms with Gasteiger partial charge in [0.05, 0.1) is 6.04 Å². The molecule has 1 unspecified atom stereocenters. The molecule has 1 saturated carbocycles. The summed E-state index contributed by atoms with van der Waals surface area (Å²) in [7, 11) is 0. The van der Waals surface area contributed by atoms with Crippen molar-refractivity contribution in [1.82, 2.24) is 5.32 Å². The molecule has 0 heterocycles. The quantitative estimate of drug-likeness (QED) is 0.836. The minimum atomic E-state index is -0.274. The zero-order chi connectivity index (χ0) is 16.2. The molecule has 0 saturated heterocycles. The summed E-state index contributed by atoms with van der Waals surface area (Å²) in [5, 5.41) is 3.08. The van der Waals surface area contributed by atoms with Crippen LogP contribution in [0.15, 0.2) is 48.5 Å². The maximum absolute atomic E-state index is 13.6. The van der Waals surface area contributed by atoms with E-state index in [9.17, 15) is 9.18 Å². The fourth-order valence-electron chi connectivity index (χ4n) is 3.37. The van der Waals surface area contributed by atoms with Gasteiger partial charge in [-0.05, 0) is 54.7 Å². The molecule has 3 N–H and O–H groups in total. The fourth-order valence-corrected chi connectivity index (χ4v) is 3.37. The molecule has 2 aromatic carbocycles. The van der Waals surface area contributed by atoms with Crippen LogP contribution in [0, 0.1) is 11.7 Å². The Kier molecular flexibility index (Phi) is 4.60. The number of rotatable bonds is 4. The van der Waals surface area contributed by atoms with Crippen LogP contribution in [0.3, 0.4) is 0 Å². The summed E-state index contributed by atoms with van der Waals surface area (Å²) in [6.07, 6.45) is 4.42. The number of nitrogen functional groups attached to an aromatic ring is 1. The van der Waals surface area contributed by atoms with Crippen molar-refractivity contribution in [3.8, 4) is 0 Å². The SMILES string of the molecule is Nc1cccc(C(=O)NC(c2cccc(F)c2)C2CCCC2)c1. The van der Waals surface area contributed by atoms with Gasteiger partial charge in [-0.1, -0.05) is 31.0 Å². The minimum Gasteiger partial charge on any atom is -0.399 e. The number of nitrogens with one attached hydrogen (secondary N) is 1. The van der Waals surface area contributed by atoms with Gasteiger partial charge >= 0.3 is 0 Å². The third-order valence-corrected chi connectivity index (χ3v) is 4.51. The average Bonchev–Trinajstić information content (AvgIpc) is 3.06. The van der Waals surface area contributed by atoms with Crippen molar-refractivity contribution in [2.75, 3.05) is 5.73 Å². The maximum Gasteiger partial charge on any atom is 0.251 e. The van der Waals surface area contributed by atoms with Gasteiger partial charge in [-0.25, -0.2) is 4.39 Å². The second-order valence-electron chi connectivity index (χ2n) is 6.18. The summed E-state index contributed by atoms with van der Waals surface area (Å²) >= 11 is 0. The number of nitrogens with two attached hydrogens (primary N) is 1. The summed E-state index contributed by atoms with van der Waals surface area (Å²) in [5.74, 6) is -0.0935. The van der Waals surface area contributed by atoms with E-state index in [4.69, 9.17) is 5.73 Å². The van der Waals surface area contributed by atoms with Gasteiger partial charge in [-0.2, -0.15) is 0 Å². The van der Waals surface area contributed by atoms with Crippen molar-refractivity contribution in [2.45, 2.75) is 31.7 Å². The zero-order valence-corrected chi connectivity index (χ0v) is 13.0. The number of hydrogen-bond donors (Lipinski definition) is 2. The number of carbonyl (C=O) groups excluding carboxylic acids is 1. The highest BCUT2D eigenvalue weighted by atomic mass is 19.1. The molecule has 1 aliphatic carbocycles. The number of hydrogen-bond acceptors (Lipinski definition) is 2. The molecule has 3 rings (SSSR count). The van der Waals surface area contributed by atoms with Crippen LogP contribution in [0.1, 0.15) is 47.6 Å². The Hall–Kier alpha value is -2.36. The molecule has 0 aliphatic heterocycles. The zero-order valence-electron chi connectivity index (χ0n) is 13.0. The van der Waals surface area contributed by atoms with Gasteiger partial charge < -0.3 is 11.1 Å². The van der Waals surface area contributed by atoms with E-state index < -0.39 is 0 Å². The van der Waals surface area contributed by atoms with Gasteiger partial charge in [-0.15, -0.1) is 0 Å². The highest BCUT2D eigenvalue weighted by Gasteiger charge is 2.28. The third kappa shape index (κ3) is 3.70. The van der Waals surface area contributed by atoms with Crippen molar-refractivity contribution >= 4 is 11.6 Å². The molecule has 1 aliphatic rings. The number of amides is 1. The first-order valence-corrected chi connectivity index (χ1v) is 8.05. The first-order valence-electron chi connectivity index (χ1n) is 8.05. The Bertz CT molecular complexity index is 695. The number of benzene rings is 2. The molecule has 0 spiro atoms. The lowest BCUT2D eigenvalue weighted by atomic mass is 9.91. The molecule has 1 amide bonds. The van der Waals surface area contributed by atoms with Crippen LogP contribution in [0.4, 0.5) is 10.1 Å². The van der Waals surface area contributed by atoms with E-state index >= 15 is 0 Å². The second kappa shape index (κ2) is 6.82. The largest absolute Gasteiger partial charge is 0.399 e. The molecule has 0 aromatic heterocycles. The van der Waals surface area contributed by atoms with Crippen molar-refractivity contribution in [2.24, 2.45) is 5.92 Å². The fraction of sp³-hybridized carbons (Fsp3) is 0.316. The number of carbonyl (C=O) groups is 1. The molecular formula is C19H21FN2O. The van der Waals surface area contributed by atoms with Gasteiger partial charge in [0.2, 0.25) is 0 Å². The van der Waals surface area contributed by atoms with Crippen LogP contribution in [0.25, 0.3) is 0 Å². The van der Waals surface area contributed by atoms with Crippen molar-refractivity contribution in [1.29, 1.82) is 0 Å². The molecule has 1 fully saturated rings. The standard InChI is InChI=1S/C19H21FN2O/c20-16-9-3-7-14(11-16)18(13-5-1-2-6-13)22-19(23)15-8-4-10-17(21)12-15/h3-4,7-13,18H,1-2,5-6,21H2,(H,22,23).